The van der Waals surface area contributed by atoms with Gasteiger partial charge in [0, 0.05) is 13.0 Å². The third kappa shape index (κ3) is 8.47. The molecular formula is C17H26N6O5. The number of benzene rings is 1. The van der Waals surface area contributed by atoms with Gasteiger partial charge in [0.15, 0.2) is 5.96 Å². The van der Waals surface area contributed by atoms with E-state index in [0.29, 0.717) is 13.0 Å². The number of nitrogens with one attached hydrogen (secondary N) is 4. The first kappa shape index (κ1) is 22.9. The third-order valence-corrected chi connectivity index (χ3v) is 3.77. The summed E-state index contributed by atoms with van der Waals surface area (Å²) in [6, 6.07) is 6.75. The van der Waals surface area contributed by atoms with E-state index in [4.69, 9.17) is 22.0 Å². The highest BCUT2D eigenvalue weighted by atomic mass is 16.4. The molecule has 0 saturated heterocycles. The molecule has 1 aromatic rings. The molecule has 1 aromatic carbocycles. The zero-order valence-corrected chi connectivity index (χ0v) is 15.2. The van der Waals surface area contributed by atoms with Crippen molar-refractivity contribution < 1.29 is 24.6 Å². The molecule has 0 heterocycles. The Hall–Kier alpha value is -3.18. The van der Waals surface area contributed by atoms with Crippen LogP contribution < -0.4 is 27.4 Å². The van der Waals surface area contributed by atoms with Crippen LogP contribution in [0.4, 0.5) is 0 Å². The van der Waals surface area contributed by atoms with Crippen molar-refractivity contribution in [1.82, 2.24) is 16.0 Å². The zero-order chi connectivity index (χ0) is 21.1. The van der Waals surface area contributed by atoms with Crippen LogP contribution in [0.3, 0.4) is 0 Å². The molecule has 11 nitrogen and oxygen atoms in total. The molecule has 10 N–H and O–H groups in total. The minimum Gasteiger partial charge on any atom is -0.478 e. The molecular weight excluding hydrogens is 368 g/mol. The van der Waals surface area contributed by atoms with E-state index in [0.717, 1.165) is 5.56 Å². The van der Waals surface area contributed by atoms with E-state index < -0.39 is 36.1 Å². The number of carboxylic acid groups (broad SMARTS) is 1. The third-order valence-electron chi connectivity index (χ3n) is 3.77. The van der Waals surface area contributed by atoms with Crippen LogP contribution in [0.2, 0.25) is 0 Å². The standard InChI is InChI=1S/C17H26N6O5/c18-11(7-4-8-21-17(19)20)13(24)22-12(9-10-5-2-1-3-6-10)14(25)23-15(26)16(27)28/h1-3,5-6,11-12,15,26H,4,7-9,18H2,(H,22,24)(H,23,25)(H,27,28)(H4,19,20,21)/t11-,12-,15?/m0/s1. The van der Waals surface area contributed by atoms with E-state index in [-0.39, 0.29) is 18.8 Å². The molecule has 0 saturated carbocycles. The molecule has 0 aromatic heterocycles. The molecule has 0 aliphatic carbocycles. The number of hydrogen-bond donors (Lipinski definition) is 8. The predicted molar refractivity (Wildman–Crippen MR) is 101 cm³/mol. The lowest BCUT2D eigenvalue weighted by Gasteiger charge is -2.21. The van der Waals surface area contributed by atoms with Crippen molar-refractivity contribution in [2.45, 2.75) is 37.6 Å². The van der Waals surface area contributed by atoms with Gasteiger partial charge in [-0.15, -0.1) is 0 Å². The predicted octanol–water partition coefficient (Wildman–Crippen LogP) is -2.18. The molecule has 1 rings (SSSR count). The second kappa shape index (κ2) is 11.5. The molecule has 28 heavy (non-hydrogen) atoms. The van der Waals surface area contributed by atoms with E-state index in [9.17, 15) is 19.5 Å². The van der Waals surface area contributed by atoms with Crippen molar-refractivity contribution in [2.24, 2.45) is 11.5 Å². The summed E-state index contributed by atoms with van der Waals surface area (Å²) in [5.41, 5.74) is 11.7. The van der Waals surface area contributed by atoms with Gasteiger partial charge < -0.3 is 37.6 Å². The normalized spacial score (nSPS) is 13.6. The van der Waals surface area contributed by atoms with Crippen LogP contribution in [-0.4, -0.2) is 58.8 Å². The van der Waals surface area contributed by atoms with Gasteiger partial charge in [0.25, 0.3) is 0 Å². The molecule has 0 spiro atoms. The van der Waals surface area contributed by atoms with Crippen LogP contribution >= 0.6 is 0 Å². The SMILES string of the molecule is N=C(N)NCCC[C@H](N)C(=O)N[C@@H](Cc1ccccc1)C(=O)NC(O)C(=O)O. The van der Waals surface area contributed by atoms with Crippen molar-refractivity contribution >= 4 is 23.7 Å². The Morgan fingerprint density at radius 3 is 2.32 bits per heavy atom. The Morgan fingerprint density at radius 1 is 1.11 bits per heavy atom. The van der Waals surface area contributed by atoms with Crippen molar-refractivity contribution in [3.8, 4) is 0 Å². The molecule has 3 atom stereocenters. The maximum atomic E-state index is 12.3. The number of carbonyl (C=O) groups is 3. The van der Waals surface area contributed by atoms with Crippen LogP contribution in [0, 0.1) is 5.41 Å². The molecule has 0 aliphatic rings. The van der Waals surface area contributed by atoms with E-state index >= 15 is 0 Å². The molecule has 11 heteroatoms. The van der Waals surface area contributed by atoms with Crippen molar-refractivity contribution in [3.05, 3.63) is 35.9 Å². The van der Waals surface area contributed by atoms with Crippen LogP contribution in [-0.2, 0) is 20.8 Å². The van der Waals surface area contributed by atoms with Crippen molar-refractivity contribution in [3.63, 3.8) is 0 Å². The number of aliphatic hydroxyl groups excluding tert-OH is 1. The van der Waals surface area contributed by atoms with E-state index in [1.165, 1.54) is 0 Å². The average Bonchev–Trinajstić information content (AvgIpc) is 2.64. The first-order chi connectivity index (χ1) is 13.2. The van der Waals surface area contributed by atoms with E-state index in [1.54, 1.807) is 30.3 Å². The number of rotatable bonds is 11. The fourth-order valence-corrected chi connectivity index (χ4v) is 2.31. The minimum atomic E-state index is -2.09. The van der Waals surface area contributed by atoms with Crippen molar-refractivity contribution in [1.29, 1.82) is 5.41 Å². The first-order valence-electron chi connectivity index (χ1n) is 8.59. The number of hydrogen-bond acceptors (Lipinski definition) is 6. The maximum absolute atomic E-state index is 12.3. The molecule has 0 fully saturated rings. The average molecular weight is 394 g/mol. The van der Waals surface area contributed by atoms with Crippen LogP contribution in [0.1, 0.15) is 18.4 Å². The number of carbonyl (C=O) groups excluding carboxylic acids is 2. The number of aliphatic carboxylic acids is 1. The smallest absolute Gasteiger partial charge is 0.353 e. The quantitative estimate of drug-likeness (QED) is 0.0894. The second-order valence-electron chi connectivity index (χ2n) is 6.09. The number of amides is 2. The summed E-state index contributed by atoms with van der Waals surface area (Å²) in [7, 11) is 0. The topological polar surface area (TPSA) is 204 Å². The number of carboxylic acids is 1. The van der Waals surface area contributed by atoms with Crippen LogP contribution in [0.5, 0.6) is 0 Å². The lowest BCUT2D eigenvalue weighted by atomic mass is 10.0. The summed E-state index contributed by atoms with van der Waals surface area (Å²) in [5, 5.41) is 32.1. The Kier molecular flexibility index (Phi) is 9.40. The summed E-state index contributed by atoms with van der Waals surface area (Å²) < 4.78 is 0. The number of nitrogens with two attached hydrogens (primary N) is 2. The molecule has 0 bridgehead atoms. The monoisotopic (exact) mass is 394 g/mol. The fourth-order valence-electron chi connectivity index (χ4n) is 2.31. The van der Waals surface area contributed by atoms with E-state index in [1.807, 2.05) is 5.32 Å². The van der Waals surface area contributed by atoms with Gasteiger partial charge in [0.1, 0.15) is 6.04 Å². The Bertz CT molecular complexity index is 684. The fraction of sp³-hybridized carbons (Fsp3) is 0.412. The Labute approximate surface area is 162 Å². The highest BCUT2D eigenvalue weighted by molar-refractivity contribution is 5.91. The summed E-state index contributed by atoms with van der Waals surface area (Å²) in [6.45, 7) is 0.370. The summed E-state index contributed by atoms with van der Waals surface area (Å²) >= 11 is 0. The maximum Gasteiger partial charge on any atom is 0.353 e. The minimum absolute atomic E-state index is 0.0867. The van der Waals surface area contributed by atoms with Gasteiger partial charge in [0.2, 0.25) is 18.0 Å². The number of aliphatic hydroxyl groups is 1. The summed E-state index contributed by atoms with van der Waals surface area (Å²) in [4.78, 5) is 35.4. The molecule has 154 valence electrons. The highest BCUT2D eigenvalue weighted by Crippen LogP contribution is 2.05. The van der Waals surface area contributed by atoms with Gasteiger partial charge in [-0.3, -0.25) is 15.0 Å². The van der Waals surface area contributed by atoms with Gasteiger partial charge in [-0.05, 0) is 18.4 Å². The van der Waals surface area contributed by atoms with Gasteiger partial charge in [-0.2, -0.15) is 0 Å². The Morgan fingerprint density at radius 2 is 1.75 bits per heavy atom. The lowest BCUT2D eigenvalue weighted by molar-refractivity contribution is -0.151. The van der Waals surface area contributed by atoms with Gasteiger partial charge >= 0.3 is 5.97 Å². The zero-order valence-electron chi connectivity index (χ0n) is 15.2. The summed E-state index contributed by atoms with van der Waals surface area (Å²) in [5.74, 6) is -3.25. The molecule has 0 aliphatic heterocycles. The molecule has 1 unspecified atom stereocenters. The largest absolute Gasteiger partial charge is 0.478 e. The molecule has 2 amide bonds. The number of guanidine groups is 1. The summed E-state index contributed by atoms with van der Waals surface area (Å²) in [6.07, 6.45) is -1.25. The van der Waals surface area contributed by atoms with Crippen LogP contribution in [0.15, 0.2) is 30.3 Å². The molecule has 0 radical (unpaired) electrons. The van der Waals surface area contributed by atoms with Gasteiger partial charge in [-0.25, -0.2) is 4.79 Å². The second-order valence-corrected chi connectivity index (χ2v) is 6.09. The van der Waals surface area contributed by atoms with Gasteiger partial charge in [0.05, 0.1) is 6.04 Å². The first-order valence-corrected chi connectivity index (χ1v) is 8.59. The highest BCUT2D eigenvalue weighted by Gasteiger charge is 2.27. The van der Waals surface area contributed by atoms with Gasteiger partial charge in [-0.1, -0.05) is 30.3 Å². The lowest BCUT2D eigenvalue weighted by Crippen LogP contribution is -2.55. The van der Waals surface area contributed by atoms with Crippen LogP contribution in [0.25, 0.3) is 0 Å². The van der Waals surface area contributed by atoms with E-state index in [2.05, 4.69) is 10.6 Å². The van der Waals surface area contributed by atoms with Crippen molar-refractivity contribution in [2.75, 3.05) is 6.54 Å². The Balaban J connectivity index is 2.72.